The Kier molecular flexibility index (Phi) is 6.07. The van der Waals surface area contributed by atoms with Crippen LogP contribution >= 0.6 is 15.9 Å². The second kappa shape index (κ2) is 8.65. The molecular formula is C19H21BrN6O5S. The van der Waals surface area contributed by atoms with Gasteiger partial charge in [-0.2, -0.15) is 4.31 Å². The molecule has 13 heteroatoms. The predicted octanol–water partition coefficient (Wildman–Crippen LogP) is 0.469. The van der Waals surface area contributed by atoms with Gasteiger partial charge >= 0.3 is 0 Å². The van der Waals surface area contributed by atoms with Crippen LogP contribution in [0.4, 0.5) is 0 Å². The number of nitrogens with one attached hydrogen (secondary N) is 2. The summed E-state index contributed by atoms with van der Waals surface area (Å²) in [7, 11) is -2.35. The zero-order valence-corrected chi connectivity index (χ0v) is 19.4. The molecule has 2 amide bonds. The molecule has 1 saturated heterocycles. The minimum Gasteiger partial charge on any atom is -0.366 e. The Bertz CT molecular complexity index is 1300. The number of rotatable bonds is 6. The lowest BCUT2D eigenvalue weighted by atomic mass is 10.2. The molecule has 1 aromatic carbocycles. The highest BCUT2D eigenvalue weighted by molar-refractivity contribution is 9.10. The Morgan fingerprint density at radius 2 is 2.19 bits per heavy atom. The number of ether oxygens (including phenoxy) is 1. The summed E-state index contributed by atoms with van der Waals surface area (Å²) in [6.07, 6.45) is 2.37. The molecule has 11 nitrogen and oxygen atoms in total. The van der Waals surface area contributed by atoms with E-state index in [1.807, 2.05) is 7.05 Å². The Morgan fingerprint density at radius 3 is 2.88 bits per heavy atom. The number of hydrogen-bond donors (Lipinski definition) is 3. The van der Waals surface area contributed by atoms with E-state index >= 15 is 0 Å². The maximum atomic E-state index is 13.5. The van der Waals surface area contributed by atoms with Crippen LogP contribution < -0.4 is 11.1 Å². The van der Waals surface area contributed by atoms with Crippen molar-refractivity contribution in [3.63, 3.8) is 0 Å². The van der Waals surface area contributed by atoms with Gasteiger partial charge in [0.05, 0.1) is 25.2 Å². The fourth-order valence-electron chi connectivity index (χ4n) is 3.56. The number of aromatic amines is 1. The van der Waals surface area contributed by atoms with Gasteiger partial charge in [0.1, 0.15) is 16.7 Å². The molecule has 2 aromatic heterocycles. The van der Waals surface area contributed by atoms with Crippen LogP contribution in [0.3, 0.4) is 0 Å². The lowest BCUT2D eigenvalue weighted by Crippen LogP contribution is -2.51. The van der Waals surface area contributed by atoms with Crippen LogP contribution in [0, 0.1) is 0 Å². The number of aryl methyl sites for hydroxylation is 1. The lowest BCUT2D eigenvalue weighted by Gasteiger charge is -2.31. The van der Waals surface area contributed by atoms with Gasteiger partial charge in [0.15, 0.2) is 0 Å². The standard InChI is InChI=1S/C19H21BrN6O5S/c1-25-8-12(23-10-25)7-22-19(28)15-9-26(4-5-31-15)32(29,30)17-13-6-11(20)2-3-14(13)24-16(17)18(21)27/h2-3,6,8,10,15,24H,4-5,7,9H2,1H3,(H2,21,27)(H,22,28). The number of nitrogens with zero attached hydrogens (tertiary/aromatic N) is 3. The van der Waals surface area contributed by atoms with Crippen molar-refractivity contribution >= 4 is 48.7 Å². The maximum Gasteiger partial charge on any atom is 0.266 e. The molecule has 1 atom stereocenters. The van der Waals surface area contributed by atoms with Gasteiger partial charge in [0, 0.05) is 41.7 Å². The van der Waals surface area contributed by atoms with Gasteiger partial charge in [-0.3, -0.25) is 9.59 Å². The molecule has 0 bridgehead atoms. The summed E-state index contributed by atoms with van der Waals surface area (Å²) in [5.41, 5.74) is 6.37. The number of carbonyl (C=O) groups excluding carboxylic acids is 2. The van der Waals surface area contributed by atoms with Gasteiger partial charge in [0.2, 0.25) is 10.0 Å². The zero-order chi connectivity index (χ0) is 23.0. The molecule has 1 aliphatic rings. The number of fused-ring (bicyclic) bond motifs is 1. The minimum atomic E-state index is -4.16. The Balaban J connectivity index is 1.59. The van der Waals surface area contributed by atoms with Gasteiger partial charge in [-0.1, -0.05) is 15.9 Å². The van der Waals surface area contributed by atoms with Crippen LogP contribution in [0.5, 0.6) is 0 Å². The maximum absolute atomic E-state index is 13.5. The van der Waals surface area contributed by atoms with Crippen molar-refractivity contribution in [2.24, 2.45) is 12.8 Å². The number of hydrogen-bond acceptors (Lipinski definition) is 6. The smallest absolute Gasteiger partial charge is 0.266 e. The van der Waals surface area contributed by atoms with Crippen molar-refractivity contribution in [3.05, 3.63) is 46.6 Å². The summed E-state index contributed by atoms with van der Waals surface area (Å²) < 4.78 is 36.1. The normalized spacial score (nSPS) is 17.5. The van der Waals surface area contributed by atoms with Crippen molar-refractivity contribution < 1.29 is 22.7 Å². The first-order chi connectivity index (χ1) is 15.2. The number of benzene rings is 1. The Morgan fingerprint density at radius 1 is 1.41 bits per heavy atom. The Labute approximate surface area is 192 Å². The minimum absolute atomic E-state index is 0.0266. The second-order valence-electron chi connectivity index (χ2n) is 7.35. The van der Waals surface area contributed by atoms with Gasteiger partial charge in [0.25, 0.3) is 11.8 Å². The number of morpholine rings is 1. The lowest BCUT2D eigenvalue weighted by molar-refractivity contribution is -0.136. The molecule has 0 radical (unpaired) electrons. The first-order valence-corrected chi connectivity index (χ1v) is 11.9. The number of sulfonamides is 1. The number of imidazole rings is 1. The van der Waals surface area contributed by atoms with Crippen molar-refractivity contribution in [2.45, 2.75) is 17.5 Å². The fourth-order valence-corrected chi connectivity index (χ4v) is 5.68. The number of primary amides is 1. The number of carbonyl (C=O) groups is 2. The predicted molar refractivity (Wildman–Crippen MR) is 118 cm³/mol. The molecular weight excluding hydrogens is 504 g/mol. The summed E-state index contributed by atoms with van der Waals surface area (Å²) in [5.74, 6) is -1.35. The second-order valence-corrected chi connectivity index (χ2v) is 10.1. The van der Waals surface area contributed by atoms with E-state index < -0.39 is 27.9 Å². The summed E-state index contributed by atoms with van der Waals surface area (Å²) >= 11 is 3.32. The van der Waals surface area contributed by atoms with E-state index in [0.29, 0.717) is 21.1 Å². The van der Waals surface area contributed by atoms with Crippen molar-refractivity contribution in [2.75, 3.05) is 19.7 Å². The van der Waals surface area contributed by atoms with Crippen LogP contribution in [0.15, 0.2) is 40.1 Å². The van der Waals surface area contributed by atoms with Crippen LogP contribution in [-0.2, 0) is 33.1 Å². The number of amides is 2. The highest BCUT2D eigenvalue weighted by atomic mass is 79.9. The molecule has 32 heavy (non-hydrogen) atoms. The van der Waals surface area contributed by atoms with E-state index in [1.165, 1.54) is 0 Å². The van der Waals surface area contributed by atoms with E-state index in [4.69, 9.17) is 10.5 Å². The number of halogens is 1. The van der Waals surface area contributed by atoms with Gasteiger partial charge in [-0.25, -0.2) is 13.4 Å². The molecule has 0 saturated carbocycles. The van der Waals surface area contributed by atoms with E-state index in [-0.39, 0.29) is 36.8 Å². The third-order valence-corrected chi connectivity index (χ3v) is 7.53. The molecule has 1 aliphatic heterocycles. The van der Waals surface area contributed by atoms with Crippen molar-refractivity contribution in [1.29, 1.82) is 0 Å². The van der Waals surface area contributed by atoms with E-state index in [2.05, 4.69) is 31.2 Å². The topological polar surface area (TPSA) is 152 Å². The number of nitrogens with two attached hydrogens (primary N) is 1. The summed E-state index contributed by atoms with van der Waals surface area (Å²) in [4.78, 5) is 31.3. The zero-order valence-electron chi connectivity index (χ0n) is 17.0. The first-order valence-electron chi connectivity index (χ1n) is 9.64. The molecule has 1 unspecified atom stereocenters. The molecule has 0 spiro atoms. The van der Waals surface area contributed by atoms with Crippen molar-refractivity contribution in [3.8, 4) is 0 Å². The van der Waals surface area contributed by atoms with Gasteiger partial charge in [-0.05, 0) is 18.2 Å². The first kappa shape index (κ1) is 22.5. The molecule has 4 rings (SSSR count). The largest absolute Gasteiger partial charge is 0.366 e. The third kappa shape index (κ3) is 4.28. The fraction of sp³-hybridized carbons (Fsp3) is 0.316. The van der Waals surface area contributed by atoms with Crippen LogP contribution in [-0.4, -0.2) is 64.9 Å². The van der Waals surface area contributed by atoms with Crippen LogP contribution in [0.25, 0.3) is 10.9 Å². The average molecular weight is 525 g/mol. The van der Waals surface area contributed by atoms with Crippen LogP contribution in [0.2, 0.25) is 0 Å². The highest BCUT2D eigenvalue weighted by Crippen LogP contribution is 2.32. The number of H-pyrrole nitrogens is 1. The quantitative estimate of drug-likeness (QED) is 0.426. The molecule has 3 aromatic rings. The monoisotopic (exact) mass is 524 g/mol. The molecule has 4 N–H and O–H groups in total. The van der Waals surface area contributed by atoms with Crippen molar-refractivity contribution in [1.82, 2.24) is 24.2 Å². The van der Waals surface area contributed by atoms with E-state index in [9.17, 15) is 18.0 Å². The third-order valence-electron chi connectivity index (χ3n) is 5.08. The summed E-state index contributed by atoms with van der Waals surface area (Å²) in [5, 5.41) is 3.04. The van der Waals surface area contributed by atoms with Crippen LogP contribution in [0.1, 0.15) is 16.2 Å². The van der Waals surface area contributed by atoms with Gasteiger partial charge < -0.3 is 25.3 Å². The molecule has 0 aliphatic carbocycles. The Hall–Kier alpha value is -2.74. The van der Waals surface area contributed by atoms with Gasteiger partial charge in [-0.15, -0.1) is 0 Å². The summed E-state index contributed by atoms with van der Waals surface area (Å²) in [6, 6.07) is 4.97. The summed E-state index contributed by atoms with van der Waals surface area (Å²) in [6.45, 7) is 0.0495. The average Bonchev–Trinajstić information content (AvgIpc) is 3.35. The SMILES string of the molecule is Cn1cnc(CNC(=O)C2CN(S(=O)(=O)c3c(C(N)=O)[nH]c4ccc(Br)cc34)CCO2)c1. The highest BCUT2D eigenvalue weighted by Gasteiger charge is 2.37. The van der Waals surface area contributed by atoms with E-state index in [0.717, 1.165) is 4.31 Å². The molecule has 170 valence electrons. The molecule has 1 fully saturated rings. The number of aromatic nitrogens is 3. The molecule has 3 heterocycles. The van der Waals surface area contributed by atoms with E-state index in [1.54, 1.807) is 35.3 Å².